The summed E-state index contributed by atoms with van der Waals surface area (Å²) in [5.74, 6) is -1.20. The van der Waals surface area contributed by atoms with Gasteiger partial charge in [0.2, 0.25) is 15.9 Å². The van der Waals surface area contributed by atoms with E-state index in [1.807, 2.05) is 32.9 Å². The van der Waals surface area contributed by atoms with E-state index in [9.17, 15) is 17.6 Å². The van der Waals surface area contributed by atoms with Gasteiger partial charge >= 0.3 is 0 Å². The third-order valence-corrected chi connectivity index (χ3v) is 5.51. The van der Waals surface area contributed by atoms with Crippen LogP contribution in [-0.4, -0.2) is 26.6 Å². The average molecular weight is 392 g/mol. The van der Waals surface area contributed by atoms with E-state index in [2.05, 4.69) is 5.32 Å². The fourth-order valence-electron chi connectivity index (χ4n) is 3.25. The van der Waals surface area contributed by atoms with Crippen LogP contribution >= 0.6 is 0 Å². The average Bonchev–Trinajstić information content (AvgIpc) is 2.55. The number of nitrogens with zero attached hydrogens (tertiary/aromatic N) is 1. The number of carbonyl (C=O) groups excluding carboxylic acids is 1. The summed E-state index contributed by atoms with van der Waals surface area (Å²) in [4.78, 5) is 13.0. The minimum atomic E-state index is -3.88. The van der Waals surface area contributed by atoms with Gasteiger partial charge in [0, 0.05) is 5.69 Å². The van der Waals surface area contributed by atoms with Crippen LogP contribution in [-0.2, 0) is 14.8 Å². The van der Waals surface area contributed by atoms with Crippen LogP contribution in [0.3, 0.4) is 0 Å². The Balaban J connectivity index is 2.46. The molecule has 0 radical (unpaired) electrons. The number of benzene rings is 2. The number of nitrogens with one attached hydrogen (secondary N) is 1. The zero-order chi connectivity index (χ0) is 20.4. The van der Waals surface area contributed by atoms with Crippen molar-refractivity contribution in [2.24, 2.45) is 0 Å². The van der Waals surface area contributed by atoms with Gasteiger partial charge in [-0.15, -0.1) is 0 Å². The number of anilines is 2. The highest BCUT2D eigenvalue weighted by Crippen LogP contribution is 2.27. The molecule has 146 valence electrons. The molecular formula is C20H25FN2O3S. The number of rotatable bonds is 6. The molecule has 1 amide bonds. The molecule has 0 bridgehead atoms. The Bertz CT molecular complexity index is 934. The Labute approximate surface area is 160 Å². The zero-order valence-electron chi connectivity index (χ0n) is 16.2. The number of amides is 1. The van der Waals surface area contributed by atoms with Crippen LogP contribution in [0.15, 0.2) is 36.4 Å². The highest BCUT2D eigenvalue weighted by atomic mass is 32.2. The molecule has 2 aromatic carbocycles. The molecule has 0 aliphatic heterocycles. The zero-order valence-corrected chi connectivity index (χ0v) is 17.0. The minimum Gasteiger partial charge on any atom is -0.324 e. The van der Waals surface area contributed by atoms with Gasteiger partial charge in [0.1, 0.15) is 11.9 Å². The maximum Gasteiger partial charge on any atom is 0.248 e. The van der Waals surface area contributed by atoms with E-state index >= 15 is 0 Å². The first-order valence-electron chi connectivity index (χ1n) is 8.69. The van der Waals surface area contributed by atoms with Crippen molar-refractivity contribution in [3.05, 3.63) is 58.9 Å². The number of sulfonamides is 1. The normalized spacial score (nSPS) is 12.5. The molecule has 0 unspecified atom stereocenters. The molecule has 0 aliphatic carbocycles. The third-order valence-electron chi connectivity index (χ3n) is 4.34. The Morgan fingerprint density at radius 3 is 2.19 bits per heavy atom. The lowest BCUT2D eigenvalue weighted by molar-refractivity contribution is -0.117. The molecule has 0 fully saturated rings. The van der Waals surface area contributed by atoms with Gasteiger partial charge in [0.25, 0.3) is 0 Å². The molecule has 0 spiro atoms. The van der Waals surface area contributed by atoms with Crippen molar-refractivity contribution in [3.8, 4) is 0 Å². The fraction of sp³-hybridized carbons (Fsp3) is 0.350. The molecule has 1 atom stereocenters. The van der Waals surface area contributed by atoms with Crippen LogP contribution in [0.1, 0.15) is 30.0 Å². The van der Waals surface area contributed by atoms with E-state index < -0.39 is 27.8 Å². The van der Waals surface area contributed by atoms with Gasteiger partial charge in [0.05, 0.1) is 11.9 Å². The maximum absolute atomic E-state index is 14.3. The number of carbonyl (C=O) groups is 1. The highest BCUT2D eigenvalue weighted by Gasteiger charge is 2.33. The van der Waals surface area contributed by atoms with Crippen LogP contribution < -0.4 is 9.62 Å². The first kappa shape index (κ1) is 20.9. The smallest absolute Gasteiger partial charge is 0.248 e. The van der Waals surface area contributed by atoms with E-state index in [4.69, 9.17) is 0 Å². The molecule has 2 aromatic rings. The minimum absolute atomic E-state index is 0.139. The van der Waals surface area contributed by atoms with Crippen molar-refractivity contribution in [2.45, 2.75) is 40.2 Å². The Kier molecular flexibility index (Phi) is 6.26. The Hall–Kier alpha value is -2.41. The Morgan fingerprint density at radius 1 is 1.15 bits per heavy atom. The second-order valence-corrected chi connectivity index (χ2v) is 8.56. The van der Waals surface area contributed by atoms with E-state index in [1.54, 1.807) is 6.92 Å². The Morgan fingerprint density at radius 2 is 1.70 bits per heavy atom. The van der Waals surface area contributed by atoms with Crippen molar-refractivity contribution in [1.29, 1.82) is 0 Å². The quantitative estimate of drug-likeness (QED) is 0.810. The lowest BCUT2D eigenvalue weighted by Gasteiger charge is -2.30. The monoisotopic (exact) mass is 392 g/mol. The number of halogens is 1. The van der Waals surface area contributed by atoms with E-state index in [0.717, 1.165) is 27.3 Å². The first-order valence-corrected chi connectivity index (χ1v) is 10.5. The topological polar surface area (TPSA) is 66.5 Å². The summed E-state index contributed by atoms with van der Waals surface area (Å²) in [7, 11) is -3.88. The number of hydrogen-bond acceptors (Lipinski definition) is 3. The summed E-state index contributed by atoms with van der Waals surface area (Å²) in [5.41, 5.74) is 3.34. The van der Waals surface area contributed by atoms with Gasteiger partial charge < -0.3 is 5.32 Å². The highest BCUT2D eigenvalue weighted by molar-refractivity contribution is 7.92. The van der Waals surface area contributed by atoms with Gasteiger partial charge in [-0.25, -0.2) is 12.8 Å². The third kappa shape index (κ3) is 4.66. The van der Waals surface area contributed by atoms with Crippen molar-refractivity contribution in [2.75, 3.05) is 15.9 Å². The maximum atomic E-state index is 14.3. The first-order chi connectivity index (χ1) is 12.6. The largest absolute Gasteiger partial charge is 0.324 e. The van der Waals surface area contributed by atoms with E-state index in [1.165, 1.54) is 24.3 Å². The summed E-state index contributed by atoms with van der Waals surface area (Å²) in [5, 5.41) is 2.83. The summed E-state index contributed by atoms with van der Waals surface area (Å²) in [6.07, 6.45) is 1.16. The molecule has 0 heterocycles. The molecule has 0 saturated heterocycles. The molecule has 0 saturated carbocycles. The number of para-hydroxylation sites is 1. The van der Waals surface area contributed by atoms with Crippen molar-refractivity contribution in [3.63, 3.8) is 0 Å². The van der Waals surface area contributed by atoms with Crippen LogP contribution in [0.25, 0.3) is 0 Å². The fourth-order valence-corrected chi connectivity index (χ4v) is 4.46. The molecule has 5 nitrogen and oxygen atoms in total. The molecule has 0 aliphatic rings. The van der Waals surface area contributed by atoms with E-state index in [-0.39, 0.29) is 12.1 Å². The number of hydrogen-bond donors (Lipinski definition) is 1. The molecular weight excluding hydrogens is 367 g/mol. The van der Waals surface area contributed by atoms with Gasteiger partial charge in [-0.2, -0.15) is 0 Å². The second kappa shape index (κ2) is 8.08. The van der Waals surface area contributed by atoms with Gasteiger partial charge in [-0.1, -0.05) is 36.8 Å². The van der Waals surface area contributed by atoms with Crippen LogP contribution in [0.4, 0.5) is 15.8 Å². The molecule has 0 aromatic heterocycles. The lowest BCUT2D eigenvalue weighted by Crippen LogP contribution is -2.47. The van der Waals surface area contributed by atoms with E-state index in [0.29, 0.717) is 5.69 Å². The van der Waals surface area contributed by atoms with Crippen molar-refractivity contribution < 1.29 is 17.6 Å². The van der Waals surface area contributed by atoms with Crippen LogP contribution in [0.2, 0.25) is 0 Å². The predicted molar refractivity (Wildman–Crippen MR) is 107 cm³/mol. The molecule has 2 rings (SSSR count). The van der Waals surface area contributed by atoms with Crippen LogP contribution in [0, 0.1) is 26.6 Å². The predicted octanol–water partition coefficient (Wildman–Crippen LogP) is 3.93. The summed E-state index contributed by atoms with van der Waals surface area (Å²) in [6, 6.07) is 8.34. The van der Waals surface area contributed by atoms with Gasteiger partial charge in [0.15, 0.2) is 0 Å². The number of aryl methyl sites for hydroxylation is 3. The van der Waals surface area contributed by atoms with Crippen LogP contribution in [0.5, 0.6) is 0 Å². The van der Waals surface area contributed by atoms with Gasteiger partial charge in [-0.05, 0) is 50.5 Å². The second-order valence-electron chi connectivity index (χ2n) is 6.70. The summed E-state index contributed by atoms with van der Waals surface area (Å²) in [6.45, 7) is 7.41. The van der Waals surface area contributed by atoms with Crippen molar-refractivity contribution in [1.82, 2.24) is 0 Å². The SMILES string of the molecule is CC[C@@H](C(=O)Nc1c(C)cc(C)cc1C)N(c1ccccc1F)S(C)(=O)=O. The summed E-state index contributed by atoms with van der Waals surface area (Å²) < 4.78 is 39.9. The standard InChI is InChI=1S/C20H25FN2O3S/c1-6-17(20(24)22-19-14(3)11-13(2)12-15(19)4)23(27(5,25)26)18-10-8-7-9-16(18)21/h7-12,17H,6H2,1-5H3,(H,22,24)/t17-/m0/s1. The molecule has 7 heteroatoms. The van der Waals surface area contributed by atoms with Gasteiger partial charge in [-0.3, -0.25) is 9.10 Å². The lowest BCUT2D eigenvalue weighted by atomic mass is 10.0. The summed E-state index contributed by atoms with van der Waals surface area (Å²) >= 11 is 0. The molecule has 27 heavy (non-hydrogen) atoms. The molecule has 1 N–H and O–H groups in total. The van der Waals surface area contributed by atoms with Crippen molar-refractivity contribution >= 4 is 27.3 Å².